The minimum absolute atomic E-state index is 0.103. The molecule has 0 spiro atoms. The van der Waals surface area contributed by atoms with Gasteiger partial charge in [0.25, 0.3) is 5.91 Å². The number of carbonyl (C=O) groups is 4. The number of rotatable bonds is 12. The molecular formula is C31H36F3N5O7. The number of carbonyl (C=O) groups excluding carboxylic acids is 3. The highest BCUT2D eigenvalue weighted by Crippen LogP contribution is 2.32. The monoisotopic (exact) mass is 647 g/mol. The molecule has 0 aliphatic rings. The molecule has 2 atom stereocenters. The largest absolute Gasteiger partial charge is 0.479 e. The Labute approximate surface area is 263 Å². The molecule has 4 N–H and O–H groups in total. The van der Waals surface area contributed by atoms with E-state index < -0.39 is 58.8 Å². The maximum absolute atomic E-state index is 13.4. The number of hydrogen-bond acceptors (Lipinski definition) is 7. The third-order valence-corrected chi connectivity index (χ3v) is 6.31. The normalized spacial score (nSPS) is 13.3. The third kappa shape index (κ3) is 10.3. The average molecular weight is 648 g/mol. The Morgan fingerprint density at radius 1 is 0.978 bits per heavy atom. The van der Waals surface area contributed by atoms with E-state index in [0.717, 1.165) is 40.9 Å². The number of ether oxygens (including phenoxy) is 2. The number of nitrogens with one attached hydrogen (secondary N) is 3. The van der Waals surface area contributed by atoms with Crippen LogP contribution in [0.25, 0.3) is 0 Å². The first kappa shape index (κ1) is 35.6. The van der Waals surface area contributed by atoms with Crippen LogP contribution >= 0.6 is 0 Å². The van der Waals surface area contributed by atoms with Crippen molar-refractivity contribution < 1.29 is 46.9 Å². The Morgan fingerprint density at radius 2 is 1.65 bits per heavy atom. The molecular weight excluding hydrogens is 611 g/mol. The first-order valence-corrected chi connectivity index (χ1v) is 14.0. The molecule has 3 aromatic rings. The number of aliphatic carboxylic acids is 1. The molecule has 15 heteroatoms. The van der Waals surface area contributed by atoms with E-state index in [2.05, 4.69) is 20.9 Å². The van der Waals surface area contributed by atoms with E-state index >= 15 is 0 Å². The molecule has 1 heterocycles. The summed E-state index contributed by atoms with van der Waals surface area (Å²) in [4.78, 5) is 55.0. The van der Waals surface area contributed by atoms with E-state index in [4.69, 9.17) is 9.47 Å². The number of hydrogen-bond donors (Lipinski definition) is 4. The predicted octanol–water partition coefficient (Wildman–Crippen LogP) is 4.52. The molecule has 0 aliphatic carbocycles. The van der Waals surface area contributed by atoms with Gasteiger partial charge in [0.2, 0.25) is 5.91 Å². The zero-order valence-corrected chi connectivity index (χ0v) is 25.8. The fraction of sp³-hybridized carbons (Fsp3) is 0.387. The van der Waals surface area contributed by atoms with Crippen molar-refractivity contribution in [1.29, 1.82) is 0 Å². The Balaban J connectivity index is 1.79. The molecule has 0 radical (unpaired) electrons. The molecule has 12 nitrogen and oxygen atoms in total. The Hall–Kier alpha value is -4.92. The molecule has 2 aromatic carbocycles. The number of carboxylic acids is 1. The molecule has 1 unspecified atom stereocenters. The summed E-state index contributed by atoms with van der Waals surface area (Å²) < 4.78 is 51.7. The average Bonchev–Trinajstić information content (AvgIpc) is 3.38. The van der Waals surface area contributed by atoms with Crippen molar-refractivity contribution in [2.75, 3.05) is 11.9 Å². The lowest BCUT2D eigenvalue weighted by Gasteiger charge is -2.29. The molecule has 1 aromatic heterocycles. The van der Waals surface area contributed by atoms with Crippen LogP contribution in [0.4, 0.5) is 23.8 Å². The summed E-state index contributed by atoms with van der Waals surface area (Å²) in [6, 6.07) is 9.98. The molecule has 0 bridgehead atoms. The van der Waals surface area contributed by atoms with Gasteiger partial charge in [-0.15, -0.1) is 0 Å². The van der Waals surface area contributed by atoms with Gasteiger partial charge in [-0.3, -0.25) is 9.59 Å². The minimum Gasteiger partial charge on any atom is -0.479 e. The number of amides is 3. The van der Waals surface area contributed by atoms with Crippen LogP contribution in [0.3, 0.4) is 0 Å². The van der Waals surface area contributed by atoms with E-state index in [0.29, 0.717) is 0 Å². The van der Waals surface area contributed by atoms with Crippen LogP contribution < -0.4 is 16.0 Å². The van der Waals surface area contributed by atoms with Gasteiger partial charge in [0, 0.05) is 6.20 Å². The highest BCUT2D eigenvalue weighted by atomic mass is 19.4. The van der Waals surface area contributed by atoms with E-state index in [1.54, 1.807) is 45.0 Å². The maximum Gasteiger partial charge on any atom is 0.416 e. The topological polar surface area (TPSA) is 161 Å². The molecule has 0 fully saturated rings. The molecule has 248 valence electrons. The standard InChI is InChI=1S/C31H36F3N5O7/c1-29(2,3)46-28(44)38-30(4,5)27(43)36-22(17-45-16-19-10-7-6-8-11-19)25(40)37-23-15-39(18-35-23)24(26(41)42)20-12-9-13-21(14-20)31(32,33)34/h6-15,18,22,24H,16-17H2,1-5H3,(H,36,43)(H,37,40)(H,38,44)(H,41,42)/t22-,24?/m1/s1. The van der Waals surface area contributed by atoms with Gasteiger partial charge < -0.3 is 35.1 Å². The highest BCUT2D eigenvalue weighted by molar-refractivity contribution is 5.98. The Morgan fingerprint density at radius 3 is 2.26 bits per heavy atom. The van der Waals surface area contributed by atoms with E-state index in [1.807, 2.05) is 6.07 Å². The SMILES string of the molecule is CC(C)(C)OC(=O)NC(C)(C)C(=O)N[C@H](COCc1ccccc1)C(=O)Nc1cn(C(C(=O)O)c2cccc(C(F)(F)F)c2)cn1. The summed E-state index contributed by atoms with van der Waals surface area (Å²) in [7, 11) is 0. The zero-order chi connectivity index (χ0) is 34.3. The van der Waals surface area contributed by atoms with Crippen LogP contribution in [-0.2, 0) is 36.6 Å². The van der Waals surface area contributed by atoms with Crippen LogP contribution in [-0.4, -0.2) is 62.3 Å². The van der Waals surface area contributed by atoms with Crippen molar-refractivity contribution in [3.05, 3.63) is 83.8 Å². The maximum atomic E-state index is 13.4. The highest BCUT2D eigenvalue weighted by Gasteiger charge is 2.35. The van der Waals surface area contributed by atoms with Gasteiger partial charge in [0.05, 0.1) is 25.1 Å². The van der Waals surface area contributed by atoms with Gasteiger partial charge >= 0.3 is 18.2 Å². The van der Waals surface area contributed by atoms with Crippen LogP contribution in [0.5, 0.6) is 0 Å². The van der Waals surface area contributed by atoms with Crippen LogP contribution in [0.1, 0.15) is 57.4 Å². The Bertz CT molecular complexity index is 1530. The lowest BCUT2D eigenvalue weighted by Crippen LogP contribution is -2.59. The smallest absolute Gasteiger partial charge is 0.416 e. The number of benzene rings is 2. The molecule has 3 rings (SSSR count). The molecule has 46 heavy (non-hydrogen) atoms. The lowest BCUT2D eigenvalue weighted by atomic mass is 10.0. The third-order valence-electron chi connectivity index (χ3n) is 6.31. The van der Waals surface area contributed by atoms with Crippen molar-refractivity contribution >= 4 is 29.7 Å². The molecule has 3 amide bonds. The van der Waals surface area contributed by atoms with Gasteiger partial charge in [-0.05, 0) is 57.9 Å². The van der Waals surface area contributed by atoms with Crippen LogP contribution in [0, 0.1) is 0 Å². The van der Waals surface area contributed by atoms with Crippen molar-refractivity contribution in [3.8, 4) is 0 Å². The number of aromatic nitrogens is 2. The molecule has 0 saturated heterocycles. The first-order valence-electron chi connectivity index (χ1n) is 14.0. The fourth-order valence-electron chi connectivity index (χ4n) is 4.09. The molecule has 0 aliphatic heterocycles. The van der Waals surface area contributed by atoms with Gasteiger partial charge in [-0.2, -0.15) is 13.2 Å². The van der Waals surface area contributed by atoms with E-state index in [1.165, 1.54) is 19.9 Å². The summed E-state index contributed by atoms with van der Waals surface area (Å²) in [6.45, 7) is 7.59. The van der Waals surface area contributed by atoms with Crippen LogP contribution in [0.2, 0.25) is 0 Å². The minimum atomic E-state index is -4.69. The first-order chi connectivity index (χ1) is 21.4. The van der Waals surface area contributed by atoms with Crippen LogP contribution in [0.15, 0.2) is 67.1 Å². The van der Waals surface area contributed by atoms with E-state index in [-0.39, 0.29) is 24.6 Å². The van der Waals surface area contributed by atoms with Crippen molar-refractivity contribution in [1.82, 2.24) is 20.2 Å². The number of halogens is 3. The number of carboxylic acid groups (broad SMARTS) is 1. The number of nitrogens with zero attached hydrogens (tertiary/aromatic N) is 2. The number of imidazole rings is 1. The summed E-state index contributed by atoms with van der Waals surface area (Å²) >= 11 is 0. The second-order valence-corrected chi connectivity index (χ2v) is 11.8. The molecule has 0 saturated carbocycles. The predicted molar refractivity (Wildman–Crippen MR) is 160 cm³/mol. The van der Waals surface area contributed by atoms with Crippen molar-refractivity contribution in [2.45, 2.75) is 70.6 Å². The van der Waals surface area contributed by atoms with Crippen molar-refractivity contribution in [3.63, 3.8) is 0 Å². The summed E-state index contributed by atoms with van der Waals surface area (Å²) in [6.07, 6.45) is -3.36. The van der Waals surface area contributed by atoms with Gasteiger partial charge in [0.1, 0.15) is 17.2 Å². The van der Waals surface area contributed by atoms with E-state index in [9.17, 15) is 37.5 Å². The van der Waals surface area contributed by atoms with Gasteiger partial charge in [-0.25, -0.2) is 14.6 Å². The number of anilines is 1. The second kappa shape index (κ2) is 14.5. The summed E-state index contributed by atoms with van der Waals surface area (Å²) in [5.74, 6) is -3.15. The van der Waals surface area contributed by atoms with Gasteiger partial charge in [0.15, 0.2) is 11.9 Å². The lowest BCUT2D eigenvalue weighted by molar-refractivity contribution is -0.140. The number of alkyl halides is 3. The quantitative estimate of drug-likeness (QED) is 0.223. The summed E-state index contributed by atoms with van der Waals surface area (Å²) in [5, 5.41) is 17.3. The number of alkyl carbamates (subject to hydrolysis) is 1. The zero-order valence-electron chi connectivity index (χ0n) is 25.8. The van der Waals surface area contributed by atoms with Crippen molar-refractivity contribution in [2.24, 2.45) is 0 Å². The fourth-order valence-corrected chi connectivity index (χ4v) is 4.09. The summed E-state index contributed by atoms with van der Waals surface area (Å²) in [5.41, 5.74) is -2.75. The van der Waals surface area contributed by atoms with Gasteiger partial charge in [-0.1, -0.05) is 42.5 Å². The Kier molecular flexibility index (Phi) is 11.2. The second-order valence-electron chi connectivity index (χ2n) is 11.8.